The van der Waals surface area contributed by atoms with Crippen molar-refractivity contribution in [1.82, 2.24) is 5.32 Å². The predicted molar refractivity (Wildman–Crippen MR) is 81.8 cm³/mol. The average Bonchev–Trinajstić information content (AvgIpc) is 3.22. The summed E-state index contributed by atoms with van der Waals surface area (Å²) in [5.41, 5.74) is 0. The number of aliphatic carboxylic acids is 1. The molecular formula is C14H16BrNO3S. The van der Waals surface area contributed by atoms with Crippen LogP contribution in [0.5, 0.6) is 0 Å². The number of carbonyl (C=O) groups excluding carboxylic acids is 1. The third-order valence-corrected chi connectivity index (χ3v) is 4.63. The monoisotopic (exact) mass is 357 g/mol. The third-order valence-electron chi connectivity index (χ3n) is 3.09. The van der Waals surface area contributed by atoms with E-state index in [9.17, 15) is 9.59 Å². The number of rotatable bonds is 7. The molecule has 0 heterocycles. The maximum absolute atomic E-state index is 11.7. The first kappa shape index (κ1) is 15.4. The van der Waals surface area contributed by atoms with E-state index in [0.29, 0.717) is 12.2 Å². The summed E-state index contributed by atoms with van der Waals surface area (Å²) in [5, 5.41) is 11.7. The first-order valence-electron chi connectivity index (χ1n) is 6.47. The molecule has 0 radical (unpaired) electrons. The van der Waals surface area contributed by atoms with Crippen molar-refractivity contribution in [2.45, 2.75) is 30.2 Å². The first-order chi connectivity index (χ1) is 9.56. The molecule has 1 amide bonds. The Morgan fingerprint density at radius 1 is 1.35 bits per heavy atom. The lowest BCUT2D eigenvalue weighted by Crippen LogP contribution is -2.42. The van der Waals surface area contributed by atoms with Crippen molar-refractivity contribution in [3.63, 3.8) is 0 Å². The highest BCUT2D eigenvalue weighted by Crippen LogP contribution is 2.32. The molecule has 2 N–H and O–H groups in total. The van der Waals surface area contributed by atoms with Crippen LogP contribution in [0.2, 0.25) is 0 Å². The molecule has 108 valence electrons. The normalized spacial score (nSPS) is 15.7. The van der Waals surface area contributed by atoms with E-state index in [1.165, 1.54) is 0 Å². The zero-order valence-electron chi connectivity index (χ0n) is 10.8. The van der Waals surface area contributed by atoms with Gasteiger partial charge in [-0.05, 0) is 43.0 Å². The van der Waals surface area contributed by atoms with Gasteiger partial charge in [-0.1, -0.05) is 15.9 Å². The second-order valence-corrected chi connectivity index (χ2v) is 6.86. The van der Waals surface area contributed by atoms with Gasteiger partial charge in [0.05, 0.1) is 0 Å². The molecule has 0 spiro atoms. The van der Waals surface area contributed by atoms with Crippen LogP contribution in [0.4, 0.5) is 0 Å². The third kappa shape index (κ3) is 4.83. The Kier molecular flexibility index (Phi) is 5.48. The molecule has 1 aromatic carbocycles. The number of nitrogens with one attached hydrogen (secondary N) is 1. The van der Waals surface area contributed by atoms with Crippen molar-refractivity contribution in [2.75, 3.05) is 5.75 Å². The molecule has 0 saturated heterocycles. The van der Waals surface area contributed by atoms with Gasteiger partial charge >= 0.3 is 5.97 Å². The minimum Gasteiger partial charge on any atom is -0.480 e. The van der Waals surface area contributed by atoms with Gasteiger partial charge in [-0.2, -0.15) is 0 Å². The SMILES string of the molecule is O=C(CCSc1ccc(Br)cc1)NC(C(=O)O)C1CC1. The number of hydrogen-bond acceptors (Lipinski definition) is 3. The number of carboxylic acids is 1. The lowest BCUT2D eigenvalue weighted by molar-refractivity contribution is -0.142. The summed E-state index contributed by atoms with van der Waals surface area (Å²) in [6.07, 6.45) is 2.12. The number of benzene rings is 1. The molecule has 0 bridgehead atoms. The smallest absolute Gasteiger partial charge is 0.326 e. The summed E-state index contributed by atoms with van der Waals surface area (Å²) in [6.45, 7) is 0. The van der Waals surface area contributed by atoms with Gasteiger partial charge in [0.2, 0.25) is 5.91 Å². The van der Waals surface area contributed by atoms with E-state index < -0.39 is 12.0 Å². The second kappa shape index (κ2) is 7.13. The molecular weight excluding hydrogens is 342 g/mol. The van der Waals surface area contributed by atoms with E-state index in [2.05, 4.69) is 21.2 Å². The lowest BCUT2D eigenvalue weighted by Gasteiger charge is -2.13. The molecule has 0 aliphatic heterocycles. The van der Waals surface area contributed by atoms with Gasteiger partial charge < -0.3 is 10.4 Å². The van der Waals surface area contributed by atoms with Crippen LogP contribution >= 0.6 is 27.7 Å². The van der Waals surface area contributed by atoms with E-state index >= 15 is 0 Å². The molecule has 1 aliphatic carbocycles. The summed E-state index contributed by atoms with van der Waals surface area (Å²) in [7, 11) is 0. The maximum atomic E-state index is 11.7. The minimum absolute atomic E-state index is 0.121. The number of amides is 1. The Bertz CT molecular complexity index is 488. The summed E-state index contributed by atoms with van der Waals surface area (Å²) < 4.78 is 1.02. The molecule has 1 aromatic rings. The minimum atomic E-state index is -0.929. The molecule has 1 saturated carbocycles. The fourth-order valence-electron chi connectivity index (χ4n) is 1.85. The van der Waals surface area contributed by atoms with Crippen molar-refractivity contribution in [2.24, 2.45) is 5.92 Å². The van der Waals surface area contributed by atoms with Crippen molar-refractivity contribution < 1.29 is 14.7 Å². The van der Waals surface area contributed by atoms with Crippen LogP contribution in [0.3, 0.4) is 0 Å². The van der Waals surface area contributed by atoms with Crippen LogP contribution in [0, 0.1) is 5.92 Å². The number of carboxylic acid groups (broad SMARTS) is 1. The molecule has 1 unspecified atom stereocenters. The molecule has 4 nitrogen and oxygen atoms in total. The van der Waals surface area contributed by atoms with Gasteiger partial charge in [0.15, 0.2) is 0 Å². The van der Waals surface area contributed by atoms with Crippen molar-refractivity contribution in [1.29, 1.82) is 0 Å². The summed E-state index contributed by atoms with van der Waals surface area (Å²) in [5.74, 6) is -0.351. The van der Waals surface area contributed by atoms with Crippen LogP contribution in [0.25, 0.3) is 0 Å². The van der Waals surface area contributed by atoms with E-state index in [1.54, 1.807) is 11.8 Å². The highest BCUT2D eigenvalue weighted by atomic mass is 79.9. The van der Waals surface area contributed by atoms with Gasteiger partial charge in [0.25, 0.3) is 0 Å². The van der Waals surface area contributed by atoms with Crippen LogP contribution in [0.15, 0.2) is 33.6 Å². The fraction of sp³-hybridized carbons (Fsp3) is 0.429. The van der Waals surface area contributed by atoms with Crippen LogP contribution in [-0.2, 0) is 9.59 Å². The van der Waals surface area contributed by atoms with E-state index in [1.807, 2.05) is 24.3 Å². The van der Waals surface area contributed by atoms with E-state index in [-0.39, 0.29) is 11.8 Å². The predicted octanol–water partition coefficient (Wildman–Crippen LogP) is 2.91. The van der Waals surface area contributed by atoms with Gasteiger partial charge in [-0.25, -0.2) is 4.79 Å². The largest absolute Gasteiger partial charge is 0.480 e. The van der Waals surface area contributed by atoms with Crippen LogP contribution in [-0.4, -0.2) is 28.8 Å². The second-order valence-electron chi connectivity index (χ2n) is 4.77. The fourth-order valence-corrected chi connectivity index (χ4v) is 2.96. The summed E-state index contributed by atoms with van der Waals surface area (Å²) in [4.78, 5) is 23.9. The lowest BCUT2D eigenvalue weighted by atomic mass is 10.2. The first-order valence-corrected chi connectivity index (χ1v) is 8.24. The molecule has 20 heavy (non-hydrogen) atoms. The number of carbonyl (C=O) groups is 2. The van der Waals surface area contributed by atoms with Crippen molar-refractivity contribution >= 4 is 39.6 Å². The molecule has 6 heteroatoms. The Morgan fingerprint density at radius 2 is 2.00 bits per heavy atom. The highest BCUT2D eigenvalue weighted by molar-refractivity contribution is 9.10. The van der Waals surface area contributed by atoms with Gasteiger partial charge in [-0.15, -0.1) is 11.8 Å². The molecule has 1 aliphatic rings. The number of halogens is 1. The standard InChI is InChI=1S/C14H16BrNO3S/c15-10-3-5-11(6-4-10)20-8-7-12(17)16-13(14(18)19)9-1-2-9/h3-6,9,13H,1-2,7-8H2,(H,16,17)(H,18,19). The van der Waals surface area contributed by atoms with Crippen molar-refractivity contribution in [3.05, 3.63) is 28.7 Å². The van der Waals surface area contributed by atoms with E-state index in [4.69, 9.17) is 5.11 Å². The Morgan fingerprint density at radius 3 is 2.55 bits per heavy atom. The Hall–Kier alpha value is -1.01. The molecule has 2 rings (SSSR count). The summed E-state index contributed by atoms with van der Waals surface area (Å²) >= 11 is 4.96. The summed E-state index contributed by atoms with van der Waals surface area (Å²) in [6, 6.07) is 7.17. The topological polar surface area (TPSA) is 66.4 Å². The van der Waals surface area contributed by atoms with Gasteiger partial charge in [0, 0.05) is 21.5 Å². The molecule has 0 aromatic heterocycles. The average molecular weight is 358 g/mol. The molecule has 1 atom stereocenters. The maximum Gasteiger partial charge on any atom is 0.326 e. The van der Waals surface area contributed by atoms with Crippen LogP contribution in [0.1, 0.15) is 19.3 Å². The zero-order chi connectivity index (χ0) is 14.5. The quantitative estimate of drug-likeness (QED) is 0.736. The Labute approximate surface area is 130 Å². The van der Waals surface area contributed by atoms with Crippen molar-refractivity contribution in [3.8, 4) is 0 Å². The Balaban J connectivity index is 1.72. The van der Waals surface area contributed by atoms with E-state index in [0.717, 1.165) is 22.2 Å². The highest BCUT2D eigenvalue weighted by Gasteiger charge is 2.37. The van der Waals surface area contributed by atoms with Gasteiger partial charge in [0.1, 0.15) is 6.04 Å². The number of hydrogen-bond donors (Lipinski definition) is 2. The number of thioether (sulfide) groups is 1. The van der Waals surface area contributed by atoms with Crippen LogP contribution < -0.4 is 5.32 Å². The zero-order valence-corrected chi connectivity index (χ0v) is 13.2. The van der Waals surface area contributed by atoms with Gasteiger partial charge in [-0.3, -0.25) is 4.79 Å². The molecule has 1 fully saturated rings.